The molecule has 0 bridgehead atoms. The van der Waals surface area contributed by atoms with Gasteiger partial charge in [0.25, 0.3) is 0 Å². The van der Waals surface area contributed by atoms with E-state index in [9.17, 15) is 0 Å². The second-order valence-corrected chi connectivity index (χ2v) is 3.38. The molecule has 1 N–H and O–H groups in total. The average Bonchev–Trinajstić information content (AvgIpc) is 1.97. The highest BCUT2D eigenvalue weighted by Gasteiger charge is 1.93. The Hall–Kier alpha value is 0.120. The van der Waals surface area contributed by atoms with Gasteiger partial charge in [0.15, 0.2) is 0 Å². The molecule has 0 aliphatic heterocycles. The minimum atomic E-state index is -4.92. The predicted molar refractivity (Wildman–Crippen MR) is 50.8 cm³/mol. The standard InChI is InChI=1S/C6H14ClN.H2O4S/c1-3-8(4-2)6-5-7;1-5(2,3)4/h3-6H2,1-2H3;(H2,1,2,3,4)/p-1. The van der Waals surface area contributed by atoms with Crippen molar-refractivity contribution in [2.45, 2.75) is 13.8 Å². The van der Waals surface area contributed by atoms with Crippen LogP contribution in [-0.2, 0) is 10.4 Å². The molecule has 0 aromatic heterocycles. The van der Waals surface area contributed by atoms with E-state index in [-0.39, 0.29) is 0 Å². The van der Waals surface area contributed by atoms with Crippen LogP contribution in [0.2, 0.25) is 0 Å². The van der Waals surface area contributed by atoms with Crippen LogP contribution >= 0.6 is 11.6 Å². The first-order valence-electron chi connectivity index (χ1n) is 3.81. The van der Waals surface area contributed by atoms with Crippen molar-refractivity contribution in [3.8, 4) is 0 Å². The van der Waals surface area contributed by atoms with Gasteiger partial charge in [-0.15, -0.1) is 11.6 Å². The van der Waals surface area contributed by atoms with E-state index in [0.717, 1.165) is 25.5 Å². The van der Waals surface area contributed by atoms with E-state index in [1.807, 2.05) is 0 Å². The fourth-order valence-electron chi connectivity index (χ4n) is 0.659. The number of alkyl halides is 1. The number of nitrogens with zero attached hydrogens (tertiary/aromatic N) is 1. The smallest absolute Gasteiger partial charge is 0.215 e. The van der Waals surface area contributed by atoms with Gasteiger partial charge in [0, 0.05) is 12.4 Å². The SMILES string of the molecule is CCN(CC)CCCl.O=S(=O)([O-])O. The summed E-state index contributed by atoms with van der Waals surface area (Å²) in [5, 5.41) is 0. The highest BCUT2D eigenvalue weighted by atomic mass is 35.5. The van der Waals surface area contributed by atoms with Crippen LogP contribution in [-0.4, -0.2) is 47.9 Å². The van der Waals surface area contributed by atoms with Gasteiger partial charge in [-0.3, -0.25) is 4.55 Å². The molecule has 0 spiro atoms. The van der Waals surface area contributed by atoms with Crippen LogP contribution < -0.4 is 0 Å². The molecular weight excluding hydrogens is 218 g/mol. The monoisotopic (exact) mass is 232 g/mol. The van der Waals surface area contributed by atoms with E-state index in [1.165, 1.54) is 0 Å². The molecule has 0 aliphatic rings. The summed E-state index contributed by atoms with van der Waals surface area (Å²) in [6.45, 7) is 7.55. The van der Waals surface area contributed by atoms with Crippen LogP contribution in [0.5, 0.6) is 0 Å². The fourth-order valence-corrected chi connectivity index (χ4v) is 0.898. The molecular formula is C6H15ClNO4S-. The summed E-state index contributed by atoms with van der Waals surface area (Å²) in [5.41, 5.74) is 0. The second kappa shape index (κ2) is 8.71. The minimum absolute atomic E-state index is 0.752. The summed E-state index contributed by atoms with van der Waals surface area (Å²) in [7, 11) is -4.92. The third-order valence-electron chi connectivity index (χ3n) is 1.30. The fraction of sp³-hybridized carbons (Fsp3) is 1.00. The predicted octanol–water partition coefficient (Wildman–Crippen LogP) is 0.572. The third kappa shape index (κ3) is 24.5. The van der Waals surface area contributed by atoms with Crippen LogP contribution in [0.4, 0.5) is 0 Å². The Bertz CT molecular complexity index is 183. The van der Waals surface area contributed by atoms with Crippen LogP contribution in [0.15, 0.2) is 0 Å². The molecule has 0 aliphatic carbocycles. The van der Waals surface area contributed by atoms with Crippen LogP contribution in [0.25, 0.3) is 0 Å². The molecule has 0 aromatic rings. The quantitative estimate of drug-likeness (QED) is 0.436. The Balaban J connectivity index is 0. The van der Waals surface area contributed by atoms with Crippen molar-refractivity contribution in [1.29, 1.82) is 0 Å². The van der Waals surface area contributed by atoms with Crippen molar-refractivity contribution in [3.05, 3.63) is 0 Å². The largest absolute Gasteiger partial charge is 0.726 e. The Labute approximate surface area is 84.3 Å². The maximum atomic E-state index is 8.63. The molecule has 5 nitrogen and oxygen atoms in total. The van der Waals surface area contributed by atoms with Gasteiger partial charge < -0.3 is 9.45 Å². The van der Waals surface area contributed by atoms with E-state index in [0.29, 0.717) is 0 Å². The number of halogens is 1. The topological polar surface area (TPSA) is 80.7 Å². The Kier molecular flexibility index (Phi) is 10.4. The van der Waals surface area contributed by atoms with E-state index >= 15 is 0 Å². The molecule has 0 saturated heterocycles. The summed E-state index contributed by atoms with van der Waals surface area (Å²) in [6.07, 6.45) is 0. The Morgan fingerprint density at radius 2 is 1.69 bits per heavy atom. The van der Waals surface area contributed by atoms with Gasteiger partial charge in [0.1, 0.15) is 0 Å². The molecule has 0 saturated carbocycles. The van der Waals surface area contributed by atoms with Crippen molar-refractivity contribution >= 4 is 22.0 Å². The summed E-state index contributed by atoms with van der Waals surface area (Å²) in [4.78, 5) is 2.30. The molecule has 0 fully saturated rings. The van der Waals surface area contributed by atoms with E-state index in [1.54, 1.807) is 0 Å². The van der Waals surface area contributed by atoms with Gasteiger partial charge in [0.05, 0.1) is 0 Å². The zero-order valence-electron chi connectivity index (χ0n) is 7.73. The van der Waals surface area contributed by atoms with Crippen LogP contribution in [0.3, 0.4) is 0 Å². The van der Waals surface area contributed by atoms with E-state index < -0.39 is 10.4 Å². The normalized spacial score (nSPS) is 10.9. The van der Waals surface area contributed by atoms with Gasteiger partial charge in [-0.05, 0) is 13.1 Å². The number of rotatable bonds is 4. The van der Waals surface area contributed by atoms with Gasteiger partial charge in [-0.1, -0.05) is 13.8 Å². The zero-order valence-corrected chi connectivity index (χ0v) is 9.31. The summed E-state index contributed by atoms with van der Waals surface area (Å²) in [5.74, 6) is 0.752. The molecule has 82 valence electrons. The van der Waals surface area contributed by atoms with Crippen molar-refractivity contribution < 1.29 is 17.5 Å². The highest BCUT2D eigenvalue weighted by molar-refractivity contribution is 7.79. The van der Waals surface area contributed by atoms with Crippen molar-refractivity contribution in [3.63, 3.8) is 0 Å². The average molecular weight is 233 g/mol. The minimum Gasteiger partial charge on any atom is -0.726 e. The zero-order chi connectivity index (χ0) is 10.9. The van der Waals surface area contributed by atoms with Gasteiger partial charge >= 0.3 is 0 Å². The van der Waals surface area contributed by atoms with Crippen molar-refractivity contribution in [2.75, 3.05) is 25.5 Å². The number of hydrogen-bond donors (Lipinski definition) is 1. The lowest BCUT2D eigenvalue weighted by Gasteiger charge is -2.14. The number of hydrogen-bond acceptors (Lipinski definition) is 4. The first kappa shape index (κ1) is 15.6. The van der Waals surface area contributed by atoms with Crippen molar-refractivity contribution in [1.82, 2.24) is 4.90 Å². The maximum Gasteiger partial charge on any atom is 0.215 e. The molecule has 0 unspecified atom stereocenters. The summed E-state index contributed by atoms with van der Waals surface area (Å²) >= 11 is 5.51. The van der Waals surface area contributed by atoms with Crippen LogP contribution in [0.1, 0.15) is 13.8 Å². The van der Waals surface area contributed by atoms with E-state index in [2.05, 4.69) is 18.7 Å². The molecule has 0 heterocycles. The molecule has 0 radical (unpaired) electrons. The Morgan fingerprint density at radius 1 is 1.38 bits per heavy atom. The molecule has 13 heavy (non-hydrogen) atoms. The molecule has 0 rings (SSSR count). The molecule has 0 aromatic carbocycles. The third-order valence-corrected chi connectivity index (χ3v) is 1.46. The first-order valence-corrected chi connectivity index (χ1v) is 5.71. The first-order chi connectivity index (χ1) is 5.85. The molecule has 7 heteroatoms. The highest BCUT2D eigenvalue weighted by Crippen LogP contribution is 1.86. The lowest BCUT2D eigenvalue weighted by atomic mass is 10.5. The summed E-state index contributed by atoms with van der Waals surface area (Å²) in [6, 6.07) is 0. The lowest BCUT2D eigenvalue weighted by molar-refractivity contribution is 0.323. The summed E-state index contributed by atoms with van der Waals surface area (Å²) < 4.78 is 32.8. The van der Waals surface area contributed by atoms with Gasteiger partial charge in [-0.25, -0.2) is 8.42 Å². The molecule has 0 atom stereocenters. The van der Waals surface area contributed by atoms with E-state index in [4.69, 9.17) is 29.1 Å². The van der Waals surface area contributed by atoms with Crippen molar-refractivity contribution in [2.24, 2.45) is 0 Å². The van der Waals surface area contributed by atoms with Crippen LogP contribution in [0, 0.1) is 0 Å². The Morgan fingerprint density at radius 3 is 1.77 bits per heavy atom. The van der Waals surface area contributed by atoms with Gasteiger partial charge in [0.2, 0.25) is 10.4 Å². The van der Waals surface area contributed by atoms with Gasteiger partial charge in [-0.2, -0.15) is 0 Å². The lowest BCUT2D eigenvalue weighted by Crippen LogP contribution is -2.24. The molecule has 0 amide bonds. The second-order valence-electron chi connectivity index (χ2n) is 2.14. The maximum absolute atomic E-state index is 8.63.